The van der Waals surface area contributed by atoms with Gasteiger partial charge in [0.1, 0.15) is 5.75 Å². The molecule has 0 bridgehead atoms. The molecule has 0 N–H and O–H groups in total. The molecule has 0 amide bonds. The molecule has 34 heavy (non-hydrogen) atoms. The van der Waals surface area contributed by atoms with Crippen LogP contribution in [0.3, 0.4) is 0 Å². The second kappa shape index (κ2) is 10.8. The van der Waals surface area contributed by atoms with E-state index in [-0.39, 0.29) is 0 Å². The Labute approximate surface area is 205 Å². The summed E-state index contributed by atoms with van der Waals surface area (Å²) in [5, 5.41) is 3.28. The first-order chi connectivity index (χ1) is 16.8. The van der Waals surface area contributed by atoms with Crippen molar-refractivity contribution < 1.29 is 4.74 Å². The van der Waals surface area contributed by atoms with E-state index in [1.807, 2.05) is 23.2 Å². The third kappa shape index (κ3) is 5.66. The number of anilines is 1. The van der Waals surface area contributed by atoms with E-state index in [2.05, 4.69) is 62.6 Å². The minimum absolute atomic E-state index is 0.767. The number of imidazole rings is 1. The fourth-order valence-corrected chi connectivity index (χ4v) is 5.31. The fourth-order valence-electron chi connectivity index (χ4n) is 4.49. The van der Waals surface area contributed by atoms with Crippen molar-refractivity contribution in [1.82, 2.24) is 19.4 Å². The summed E-state index contributed by atoms with van der Waals surface area (Å²) in [6.45, 7) is 4.85. The van der Waals surface area contributed by atoms with E-state index in [9.17, 15) is 0 Å². The van der Waals surface area contributed by atoms with Gasteiger partial charge < -0.3 is 14.2 Å². The lowest BCUT2D eigenvalue weighted by Gasteiger charge is -2.25. The highest BCUT2D eigenvalue weighted by molar-refractivity contribution is 7.13. The molecule has 5 rings (SSSR count). The van der Waals surface area contributed by atoms with Crippen LogP contribution in [0.2, 0.25) is 0 Å². The van der Waals surface area contributed by atoms with Crippen LogP contribution < -0.4 is 9.64 Å². The molecule has 0 atom stereocenters. The molecule has 0 saturated carbocycles. The van der Waals surface area contributed by atoms with Crippen molar-refractivity contribution in [2.24, 2.45) is 0 Å². The molecule has 0 unspecified atom stereocenters. The number of hydrogen-bond donors (Lipinski definition) is 0. The summed E-state index contributed by atoms with van der Waals surface area (Å²) in [6.07, 6.45) is 9.56. The Hall–Kier alpha value is -3.16. The number of likely N-dealkylation sites (tertiary alicyclic amines) is 1. The van der Waals surface area contributed by atoms with Gasteiger partial charge in [-0.2, -0.15) is 0 Å². The Kier molecular flexibility index (Phi) is 7.22. The SMILES string of the molecule is COc1cccc(CN(Cc2cccc(-n3ccnc3)c2)c2nc(CN3CCCCC3)cs2)c1. The lowest BCUT2D eigenvalue weighted by atomic mass is 10.1. The largest absolute Gasteiger partial charge is 0.497 e. The van der Waals surface area contributed by atoms with Crippen molar-refractivity contribution in [3.63, 3.8) is 0 Å². The number of piperidine rings is 1. The predicted molar refractivity (Wildman–Crippen MR) is 138 cm³/mol. The van der Waals surface area contributed by atoms with E-state index in [4.69, 9.17) is 9.72 Å². The molecule has 0 aliphatic carbocycles. The summed E-state index contributed by atoms with van der Waals surface area (Å²) in [5.41, 5.74) is 4.73. The molecule has 4 aromatic rings. The minimum atomic E-state index is 0.767. The standard InChI is InChI=1S/C27H31N5OS/c1-33-26-10-6-8-23(16-26)18-32(17-22-7-5-9-25(15-22)31-14-11-28-21-31)27-29-24(20-34-27)19-30-12-3-2-4-13-30/h5-11,14-16,20-21H,2-4,12-13,17-19H2,1H3. The molecule has 176 valence electrons. The van der Waals surface area contributed by atoms with Gasteiger partial charge in [0, 0.05) is 43.1 Å². The molecule has 3 heterocycles. The third-order valence-electron chi connectivity index (χ3n) is 6.24. The number of methoxy groups -OCH3 is 1. The molecule has 1 aliphatic rings. The van der Waals surface area contributed by atoms with Crippen LogP contribution in [-0.2, 0) is 19.6 Å². The van der Waals surface area contributed by atoms with Gasteiger partial charge >= 0.3 is 0 Å². The van der Waals surface area contributed by atoms with Crippen LogP contribution in [0.1, 0.15) is 36.1 Å². The highest BCUT2D eigenvalue weighted by Gasteiger charge is 2.16. The van der Waals surface area contributed by atoms with Crippen molar-refractivity contribution in [3.05, 3.63) is 89.5 Å². The molecule has 1 aliphatic heterocycles. The molecular formula is C27H31N5OS. The van der Waals surface area contributed by atoms with Gasteiger partial charge in [0.15, 0.2) is 5.13 Å². The number of thiazole rings is 1. The number of aromatic nitrogens is 3. The first-order valence-corrected chi connectivity index (χ1v) is 12.8. The van der Waals surface area contributed by atoms with Crippen LogP contribution in [0.4, 0.5) is 5.13 Å². The van der Waals surface area contributed by atoms with Crippen LogP contribution in [0, 0.1) is 0 Å². The number of nitrogens with zero attached hydrogens (tertiary/aromatic N) is 5. The quantitative estimate of drug-likeness (QED) is 0.320. The lowest BCUT2D eigenvalue weighted by Crippen LogP contribution is -2.29. The molecule has 6 nitrogen and oxygen atoms in total. The Morgan fingerprint density at radius 2 is 1.79 bits per heavy atom. The van der Waals surface area contributed by atoms with Crippen molar-refractivity contribution >= 4 is 16.5 Å². The number of hydrogen-bond acceptors (Lipinski definition) is 6. The zero-order valence-corrected chi connectivity index (χ0v) is 20.5. The number of benzene rings is 2. The summed E-state index contributed by atoms with van der Waals surface area (Å²) < 4.78 is 7.50. The molecule has 1 fully saturated rings. The lowest BCUT2D eigenvalue weighted by molar-refractivity contribution is 0.219. The molecule has 0 radical (unpaired) electrons. The maximum Gasteiger partial charge on any atom is 0.186 e. The molecule has 2 aromatic carbocycles. The average Bonchev–Trinajstić information content (AvgIpc) is 3.58. The zero-order chi connectivity index (χ0) is 23.2. The summed E-state index contributed by atoms with van der Waals surface area (Å²) in [7, 11) is 1.71. The van der Waals surface area contributed by atoms with E-state index in [0.29, 0.717) is 0 Å². The highest BCUT2D eigenvalue weighted by Crippen LogP contribution is 2.27. The van der Waals surface area contributed by atoms with Gasteiger partial charge in [-0.25, -0.2) is 9.97 Å². The predicted octanol–water partition coefficient (Wildman–Crippen LogP) is 5.53. The van der Waals surface area contributed by atoms with E-state index in [0.717, 1.165) is 36.2 Å². The molecule has 7 heteroatoms. The van der Waals surface area contributed by atoms with Gasteiger partial charge in [0.2, 0.25) is 0 Å². The Morgan fingerprint density at radius 3 is 2.56 bits per heavy atom. The third-order valence-corrected chi connectivity index (χ3v) is 7.19. The van der Waals surface area contributed by atoms with Gasteiger partial charge in [-0.15, -0.1) is 11.3 Å². The molecular weight excluding hydrogens is 442 g/mol. The molecule has 1 saturated heterocycles. The van der Waals surface area contributed by atoms with Crippen molar-refractivity contribution in [2.75, 3.05) is 25.1 Å². The minimum Gasteiger partial charge on any atom is -0.497 e. The Balaban J connectivity index is 1.39. The van der Waals surface area contributed by atoms with Gasteiger partial charge in [0.05, 0.1) is 19.1 Å². The van der Waals surface area contributed by atoms with Gasteiger partial charge in [0.25, 0.3) is 0 Å². The van der Waals surface area contributed by atoms with Crippen LogP contribution >= 0.6 is 11.3 Å². The highest BCUT2D eigenvalue weighted by atomic mass is 32.1. The first kappa shape index (κ1) is 22.6. The van der Waals surface area contributed by atoms with E-state index >= 15 is 0 Å². The van der Waals surface area contributed by atoms with Crippen LogP contribution in [-0.4, -0.2) is 39.6 Å². The first-order valence-electron chi connectivity index (χ1n) is 11.9. The van der Waals surface area contributed by atoms with Crippen molar-refractivity contribution in [2.45, 2.75) is 38.9 Å². The Bertz CT molecular complexity index is 1180. The smallest absolute Gasteiger partial charge is 0.186 e. The normalized spacial score (nSPS) is 14.3. The van der Waals surface area contributed by atoms with Crippen molar-refractivity contribution in [1.29, 1.82) is 0 Å². The fraction of sp³-hybridized carbons (Fsp3) is 0.333. The second-order valence-corrected chi connectivity index (χ2v) is 9.64. The van der Waals surface area contributed by atoms with Crippen LogP contribution in [0.5, 0.6) is 5.75 Å². The maximum atomic E-state index is 5.46. The molecule has 0 spiro atoms. The van der Waals surface area contributed by atoms with Gasteiger partial charge in [-0.3, -0.25) is 4.90 Å². The van der Waals surface area contributed by atoms with Crippen LogP contribution in [0.25, 0.3) is 5.69 Å². The number of ether oxygens (including phenoxy) is 1. The summed E-state index contributed by atoms with van der Waals surface area (Å²) in [6, 6.07) is 16.9. The van der Waals surface area contributed by atoms with Gasteiger partial charge in [-0.05, 0) is 61.3 Å². The van der Waals surface area contributed by atoms with E-state index in [1.165, 1.54) is 49.2 Å². The van der Waals surface area contributed by atoms with Gasteiger partial charge in [-0.1, -0.05) is 30.7 Å². The van der Waals surface area contributed by atoms with Crippen LogP contribution in [0.15, 0.2) is 72.6 Å². The van der Waals surface area contributed by atoms with Crippen molar-refractivity contribution in [3.8, 4) is 11.4 Å². The maximum absolute atomic E-state index is 5.46. The topological polar surface area (TPSA) is 46.4 Å². The average molecular weight is 474 g/mol. The summed E-state index contributed by atoms with van der Waals surface area (Å²) >= 11 is 1.74. The zero-order valence-electron chi connectivity index (χ0n) is 19.6. The summed E-state index contributed by atoms with van der Waals surface area (Å²) in [4.78, 5) is 14.2. The second-order valence-electron chi connectivity index (χ2n) is 8.81. The Morgan fingerprint density at radius 1 is 1.00 bits per heavy atom. The van der Waals surface area contributed by atoms with E-state index in [1.54, 1.807) is 24.6 Å². The summed E-state index contributed by atoms with van der Waals surface area (Å²) in [5.74, 6) is 0.879. The number of rotatable bonds is 9. The molecule has 2 aromatic heterocycles. The van der Waals surface area contributed by atoms with E-state index < -0.39 is 0 Å². The monoisotopic (exact) mass is 473 g/mol.